The first-order chi connectivity index (χ1) is 12.0. The molecule has 9 heteroatoms. The van der Waals surface area contributed by atoms with Gasteiger partial charge in [0.15, 0.2) is 0 Å². The lowest BCUT2D eigenvalue weighted by Gasteiger charge is -2.21. The van der Waals surface area contributed by atoms with Gasteiger partial charge in [-0.15, -0.1) is 10.2 Å². The third-order valence-electron chi connectivity index (χ3n) is 4.18. The summed E-state index contributed by atoms with van der Waals surface area (Å²) in [5.74, 6) is 0.0320. The van der Waals surface area contributed by atoms with Crippen molar-refractivity contribution in [2.45, 2.75) is 36.4 Å². The standard InChI is InChI=1S/C16H20N4O3S2/c21-14(13-9-5-2-6-10-13)18-15-19-20-16(24-15)25(22,23)17-11-12-7-3-1-4-8-12/h2,5-6,9-10,12,17H,1,3-4,7-8,11H2,(H,18,19,21). The third kappa shape index (κ3) is 4.83. The Morgan fingerprint density at radius 1 is 1.12 bits per heavy atom. The molecule has 0 aliphatic heterocycles. The molecule has 1 aliphatic carbocycles. The van der Waals surface area contributed by atoms with Crippen LogP contribution in [0.25, 0.3) is 0 Å². The van der Waals surface area contributed by atoms with Gasteiger partial charge >= 0.3 is 0 Å². The highest BCUT2D eigenvalue weighted by molar-refractivity contribution is 7.91. The molecule has 2 N–H and O–H groups in total. The molecule has 1 heterocycles. The van der Waals surface area contributed by atoms with Crippen LogP contribution in [0.3, 0.4) is 0 Å². The first-order valence-electron chi connectivity index (χ1n) is 8.24. The zero-order chi connectivity index (χ0) is 17.7. The highest BCUT2D eigenvalue weighted by atomic mass is 32.2. The maximum absolute atomic E-state index is 12.3. The molecule has 1 saturated carbocycles. The van der Waals surface area contributed by atoms with Crippen LogP contribution in [0.1, 0.15) is 42.5 Å². The smallest absolute Gasteiger partial charge is 0.269 e. The maximum Gasteiger partial charge on any atom is 0.269 e. The summed E-state index contributed by atoms with van der Waals surface area (Å²) in [5.41, 5.74) is 0.470. The molecule has 134 valence electrons. The van der Waals surface area contributed by atoms with Gasteiger partial charge < -0.3 is 0 Å². The van der Waals surface area contributed by atoms with E-state index in [4.69, 9.17) is 0 Å². The van der Waals surface area contributed by atoms with E-state index in [2.05, 4.69) is 20.2 Å². The van der Waals surface area contributed by atoms with E-state index >= 15 is 0 Å². The molecule has 0 saturated heterocycles. The van der Waals surface area contributed by atoms with Gasteiger partial charge in [-0.2, -0.15) is 0 Å². The summed E-state index contributed by atoms with van der Waals surface area (Å²) in [6, 6.07) is 8.64. The molecule has 1 aromatic heterocycles. The van der Waals surface area contributed by atoms with Gasteiger partial charge in [0.05, 0.1) is 0 Å². The van der Waals surface area contributed by atoms with Crippen molar-refractivity contribution in [3.05, 3.63) is 35.9 Å². The fraction of sp³-hybridized carbons (Fsp3) is 0.438. The van der Waals surface area contributed by atoms with Crippen LogP contribution in [-0.4, -0.2) is 31.1 Å². The summed E-state index contributed by atoms with van der Waals surface area (Å²) >= 11 is 0.845. The van der Waals surface area contributed by atoms with Gasteiger partial charge in [-0.05, 0) is 30.9 Å². The second-order valence-corrected chi connectivity index (χ2v) is 8.97. The van der Waals surface area contributed by atoms with Crippen LogP contribution in [0.15, 0.2) is 34.7 Å². The fourth-order valence-corrected chi connectivity index (χ4v) is 4.86. The summed E-state index contributed by atoms with van der Waals surface area (Å²) in [6.07, 6.45) is 5.64. The summed E-state index contributed by atoms with van der Waals surface area (Å²) in [7, 11) is -3.70. The van der Waals surface area contributed by atoms with E-state index in [1.54, 1.807) is 24.3 Å². The molecule has 1 fully saturated rings. The predicted molar refractivity (Wildman–Crippen MR) is 96.1 cm³/mol. The number of nitrogens with one attached hydrogen (secondary N) is 2. The molecule has 7 nitrogen and oxygen atoms in total. The summed E-state index contributed by atoms with van der Waals surface area (Å²) in [5, 5.41) is 10.2. The van der Waals surface area contributed by atoms with Gasteiger partial charge in [0.2, 0.25) is 9.47 Å². The van der Waals surface area contributed by atoms with Crippen molar-refractivity contribution in [1.82, 2.24) is 14.9 Å². The Kier molecular flexibility index (Phi) is 5.77. The Morgan fingerprint density at radius 2 is 1.84 bits per heavy atom. The van der Waals surface area contributed by atoms with Crippen LogP contribution in [0, 0.1) is 5.92 Å². The molecule has 0 unspecified atom stereocenters. The maximum atomic E-state index is 12.3. The Hall–Kier alpha value is -1.84. The van der Waals surface area contributed by atoms with Crippen LogP contribution in [-0.2, 0) is 10.0 Å². The minimum Gasteiger partial charge on any atom is -0.296 e. The van der Waals surface area contributed by atoms with Gasteiger partial charge in [-0.25, -0.2) is 13.1 Å². The molecule has 0 spiro atoms. The number of hydrogen-bond acceptors (Lipinski definition) is 6. The normalized spacial score (nSPS) is 15.8. The fourth-order valence-electron chi connectivity index (χ4n) is 2.81. The number of carbonyl (C=O) groups is 1. The van der Waals surface area contributed by atoms with E-state index in [9.17, 15) is 13.2 Å². The Bertz CT molecular complexity index is 815. The number of hydrogen-bond donors (Lipinski definition) is 2. The molecule has 0 atom stereocenters. The van der Waals surface area contributed by atoms with Crippen LogP contribution < -0.4 is 10.0 Å². The second-order valence-electron chi connectivity index (χ2n) is 6.05. The van der Waals surface area contributed by atoms with Crippen LogP contribution in [0.5, 0.6) is 0 Å². The van der Waals surface area contributed by atoms with Crippen LogP contribution in [0.2, 0.25) is 0 Å². The molecule has 25 heavy (non-hydrogen) atoms. The zero-order valence-corrected chi connectivity index (χ0v) is 15.3. The van der Waals surface area contributed by atoms with Crippen molar-refractivity contribution < 1.29 is 13.2 Å². The number of amides is 1. The minimum absolute atomic E-state index is 0.133. The number of nitrogens with zero attached hydrogens (tertiary/aromatic N) is 2. The van der Waals surface area contributed by atoms with E-state index in [1.807, 2.05) is 6.07 Å². The van der Waals surface area contributed by atoms with Gasteiger partial charge in [0.1, 0.15) is 0 Å². The second kappa shape index (κ2) is 8.03. The van der Waals surface area contributed by atoms with Crippen LogP contribution >= 0.6 is 11.3 Å². The van der Waals surface area contributed by atoms with E-state index in [-0.39, 0.29) is 15.4 Å². The van der Waals surface area contributed by atoms with Crippen molar-refractivity contribution in [3.8, 4) is 0 Å². The van der Waals surface area contributed by atoms with E-state index in [0.717, 1.165) is 37.0 Å². The number of sulfonamides is 1. The van der Waals surface area contributed by atoms with Crippen molar-refractivity contribution in [2.24, 2.45) is 5.92 Å². The van der Waals surface area contributed by atoms with Crippen molar-refractivity contribution >= 4 is 32.4 Å². The van der Waals surface area contributed by atoms with E-state index in [0.29, 0.717) is 18.0 Å². The van der Waals surface area contributed by atoms with Gasteiger partial charge in [-0.1, -0.05) is 48.8 Å². The number of carbonyl (C=O) groups excluding carboxylic acids is 1. The molecule has 1 amide bonds. The molecular formula is C16H20N4O3S2. The quantitative estimate of drug-likeness (QED) is 0.750. The van der Waals surface area contributed by atoms with Crippen molar-refractivity contribution in [3.63, 3.8) is 0 Å². The zero-order valence-electron chi connectivity index (χ0n) is 13.6. The topological polar surface area (TPSA) is 101 Å². The molecule has 2 aromatic rings. The lowest BCUT2D eigenvalue weighted by molar-refractivity contribution is 0.102. The molecule has 0 bridgehead atoms. The van der Waals surface area contributed by atoms with E-state index in [1.165, 1.54) is 6.42 Å². The molecule has 1 aromatic carbocycles. The van der Waals surface area contributed by atoms with E-state index < -0.39 is 10.0 Å². The number of benzene rings is 1. The van der Waals surface area contributed by atoms with Crippen LogP contribution in [0.4, 0.5) is 5.13 Å². The molecule has 1 aliphatic rings. The largest absolute Gasteiger partial charge is 0.296 e. The average Bonchev–Trinajstić information content (AvgIpc) is 3.11. The number of anilines is 1. The van der Waals surface area contributed by atoms with Gasteiger partial charge in [0, 0.05) is 12.1 Å². The highest BCUT2D eigenvalue weighted by Crippen LogP contribution is 2.24. The molecule has 0 radical (unpaired) electrons. The lowest BCUT2D eigenvalue weighted by Crippen LogP contribution is -2.30. The Labute approximate surface area is 150 Å². The number of aromatic nitrogens is 2. The summed E-state index contributed by atoms with van der Waals surface area (Å²) < 4.78 is 27.1. The van der Waals surface area contributed by atoms with Gasteiger partial charge in [-0.3, -0.25) is 10.1 Å². The lowest BCUT2D eigenvalue weighted by atomic mass is 9.90. The average molecular weight is 380 g/mol. The molecule has 3 rings (SSSR count). The highest BCUT2D eigenvalue weighted by Gasteiger charge is 2.23. The third-order valence-corrected chi connectivity index (χ3v) is 6.81. The Balaban J connectivity index is 1.60. The Morgan fingerprint density at radius 3 is 2.56 bits per heavy atom. The SMILES string of the molecule is O=C(Nc1nnc(S(=O)(=O)NCC2CCCCC2)s1)c1ccccc1. The summed E-state index contributed by atoms with van der Waals surface area (Å²) in [6.45, 7) is 0.424. The van der Waals surface area contributed by atoms with Gasteiger partial charge in [0.25, 0.3) is 15.9 Å². The first-order valence-corrected chi connectivity index (χ1v) is 10.5. The molecular weight excluding hydrogens is 360 g/mol. The first kappa shape index (κ1) is 18.0. The van der Waals surface area contributed by atoms with Crippen molar-refractivity contribution in [1.29, 1.82) is 0 Å². The summed E-state index contributed by atoms with van der Waals surface area (Å²) in [4.78, 5) is 12.1. The predicted octanol–water partition coefficient (Wildman–Crippen LogP) is 2.65. The number of rotatable bonds is 6. The monoisotopic (exact) mass is 380 g/mol. The minimum atomic E-state index is -3.70. The van der Waals surface area contributed by atoms with Crippen molar-refractivity contribution in [2.75, 3.05) is 11.9 Å².